The lowest BCUT2D eigenvalue weighted by atomic mass is 9.90. The van der Waals surface area contributed by atoms with Crippen LogP contribution in [0, 0.1) is 5.92 Å². The minimum atomic E-state index is -0.805. The first-order valence-electron chi connectivity index (χ1n) is 12.1. The van der Waals surface area contributed by atoms with E-state index in [0.29, 0.717) is 19.0 Å². The van der Waals surface area contributed by atoms with Crippen LogP contribution in [0.15, 0.2) is 33.9 Å². The Kier molecular flexibility index (Phi) is 6.96. The fraction of sp³-hybridized carbons (Fsp3) is 0.583. The summed E-state index contributed by atoms with van der Waals surface area (Å²) in [7, 11) is 0. The Hall–Kier alpha value is -2.39. The summed E-state index contributed by atoms with van der Waals surface area (Å²) in [6, 6.07) is 6.13. The van der Waals surface area contributed by atoms with Gasteiger partial charge >= 0.3 is 6.09 Å². The van der Waals surface area contributed by atoms with Crippen LogP contribution in [0.2, 0.25) is 0 Å². The van der Waals surface area contributed by atoms with Crippen molar-refractivity contribution in [3.05, 3.63) is 34.6 Å². The molecule has 2 fully saturated rings. The summed E-state index contributed by atoms with van der Waals surface area (Å²) in [5, 5.41) is 19.2. The highest BCUT2D eigenvalue weighted by atomic mass is 32.1. The minimum Gasteiger partial charge on any atom is -0.465 e. The fourth-order valence-corrected chi connectivity index (χ4v) is 6.39. The lowest BCUT2D eigenvalue weighted by Gasteiger charge is -2.39. The van der Waals surface area contributed by atoms with Crippen molar-refractivity contribution in [2.75, 3.05) is 31.5 Å². The van der Waals surface area contributed by atoms with E-state index in [1.807, 2.05) is 24.4 Å². The minimum absolute atomic E-state index is 0.0142. The number of likely N-dealkylation sites (tertiary alicyclic amines) is 1. The quantitative estimate of drug-likeness (QED) is 0.372. The van der Waals surface area contributed by atoms with Crippen LogP contribution >= 0.6 is 11.4 Å². The SMILES string of the molecule is O=C(O)N1CCCCC1C1CCC2CCN(C2)C2=C(CNCc3cccc(n3)N1)[SH]=CC=N2. The van der Waals surface area contributed by atoms with Gasteiger partial charge in [-0.1, -0.05) is 6.07 Å². The summed E-state index contributed by atoms with van der Waals surface area (Å²) < 4.78 is 0. The molecular formula is C24H34N6O2S. The van der Waals surface area contributed by atoms with Crippen LogP contribution in [0.1, 0.15) is 44.2 Å². The van der Waals surface area contributed by atoms with Crippen molar-refractivity contribution in [1.29, 1.82) is 0 Å². The van der Waals surface area contributed by atoms with E-state index in [4.69, 9.17) is 9.98 Å². The zero-order valence-corrected chi connectivity index (χ0v) is 19.9. The largest absolute Gasteiger partial charge is 0.465 e. The zero-order chi connectivity index (χ0) is 22.6. The average Bonchev–Trinajstić information content (AvgIpc) is 3.30. The van der Waals surface area contributed by atoms with Gasteiger partial charge in [-0.05, 0) is 61.9 Å². The third-order valence-electron chi connectivity index (χ3n) is 7.22. The van der Waals surface area contributed by atoms with Gasteiger partial charge in [-0.3, -0.25) is 0 Å². The van der Waals surface area contributed by atoms with E-state index >= 15 is 0 Å². The van der Waals surface area contributed by atoms with Crippen LogP contribution in [-0.2, 0) is 6.54 Å². The van der Waals surface area contributed by atoms with Crippen molar-refractivity contribution >= 4 is 34.8 Å². The molecule has 1 aromatic heterocycles. The Morgan fingerprint density at radius 2 is 2.06 bits per heavy atom. The zero-order valence-electron chi connectivity index (χ0n) is 19.0. The predicted octanol–water partition coefficient (Wildman–Crippen LogP) is 3.12. The molecule has 3 atom stereocenters. The third kappa shape index (κ3) is 5.24. The van der Waals surface area contributed by atoms with Gasteiger partial charge in [0.05, 0.1) is 11.7 Å². The van der Waals surface area contributed by atoms with Crippen LogP contribution in [-0.4, -0.2) is 75.8 Å². The van der Waals surface area contributed by atoms with Gasteiger partial charge in [-0.2, -0.15) is 11.4 Å². The summed E-state index contributed by atoms with van der Waals surface area (Å²) >= 11 is 1.21. The molecule has 4 aliphatic rings. The molecular weight excluding hydrogens is 436 g/mol. The molecule has 9 heteroatoms. The van der Waals surface area contributed by atoms with Crippen LogP contribution < -0.4 is 10.6 Å². The number of aliphatic imine (C=N–C) groups is 1. The van der Waals surface area contributed by atoms with Gasteiger partial charge in [0.1, 0.15) is 11.6 Å². The van der Waals surface area contributed by atoms with E-state index < -0.39 is 6.09 Å². The predicted molar refractivity (Wildman–Crippen MR) is 135 cm³/mol. The molecule has 178 valence electrons. The first kappa shape index (κ1) is 22.4. The number of anilines is 1. The van der Waals surface area contributed by atoms with E-state index in [2.05, 4.69) is 20.9 Å². The Balaban J connectivity index is 1.42. The van der Waals surface area contributed by atoms with E-state index in [0.717, 1.165) is 75.5 Å². The molecule has 33 heavy (non-hydrogen) atoms. The molecule has 0 aliphatic carbocycles. The maximum atomic E-state index is 12.0. The van der Waals surface area contributed by atoms with Crippen molar-refractivity contribution in [3.63, 3.8) is 0 Å². The first-order chi connectivity index (χ1) is 16.2. The number of rotatable bonds is 1. The smallest absolute Gasteiger partial charge is 0.407 e. The normalized spacial score (nSPS) is 28.3. The number of nitrogens with one attached hydrogen (secondary N) is 2. The maximum Gasteiger partial charge on any atom is 0.407 e. The molecule has 5 rings (SSSR count). The van der Waals surface area contributed by atoms with Gasteiger partial charge in [0.15, 0.2) is 0 Å². The second kappa shape index (κ2) is 10.3. The lowest BCUT2D eigenvalue weighted by Crippen LogP contribution is -2.52. The third-order valence-corrected chi connectivity index (χ3v) is 8.17. The summed E-state index contributed by atoms with van der Waals surface area (Å²) in [6.07, 6.45) is 7.23. The number of thiol groups is 1. The van der Waals surface area contributed by atoms with Gasteiger partial charge in [0.2, 0.25) is 0 Å². The molecule has 0 saturated carbocycles. The number of aromatic nitrogens is 1. The second-order valence-corrected chi connectivity index (χ2v) is 10.5. The van der Waals surface area contributed by atoms with Crippen LogP contribution in [0.3, 0.4) is 0 Å². The van der Waals surface area contributed by atoms with Crippen molar-refractivity contribution in [2.24, 2.45) is 10.9 Å². The molecule has 0 radical (unpaired) electrons. The fourth-order valence-electron chi connectivity index (χ4n) is 5.56. The molecule has 3 N–H and O–H groups in total. The number of hydrogen-bond acceptors (Lipinski definition) is 6. The number of hydrogen-bond donors (Lipinski definition) is 4. The van der Waals surface area contributed by atoms with E-state index in [1.54, 1.807) is 4.90 Å². The van der Waals surface area contributed by atoms with Crippen molar-refractivity contribution in [1.82, 2.24) is 20.1 Å². The monoisotopic (exact) mass is 470 g/mol. The number of pyridine rings is 1. The van der Waals surface area contributed by atoms with E-state index in [9.17, 15) is 9.90 Å². The Bertz CT molecular complexity index is 964. The van der Waals surface area contributed by atoms with Gasteiger partial charge < -0.3 is 25.5 Å². The first-order valence-corrected chi connectivity index (χ1v) is 13.1. The molecule has 8 nitrogen and oxygen atoms in total. The molecule has 4 aliphatic heterocycles. The lowest BCUT2D eigenvalue weighted by molar-refractivity contribution is 0.0971. The number of piperidine rings is 1. The Morgan fingerprint density at radius 1 is 1.12 bits per heavy atom. The van der Waals surface area contributed by atoms with Crippen LogP contribution in [0.25, 0.3) is 0 Å². The summed E-state index contributed by atoms with van der Waals surface area (Å²) in [5.74, 6) is 2.57. The topological polar surface area (TPSA) is 93.1 Å². The maximum absolute atomic E-state index is 12.0. The number of carboxylic acid groups (broad SMARTS) is 1. The van der Waals surface area contributed by atoms with Gasteiger partial charge in [0.25, 0.3) is 0 Å². The highest BCUT2D eigenvalue weighted by Crippen LogP contribution is 2.31. The van der Waals surface area contributed by atoms with E-state index in [1.165, 1.54) is 16.3 Å². The van der Waals surface area contributed by atoms with Crippen LogP contribution in [0.5, 0.6) is 0 Å². The van der Waals surface area contributed by atoms with Gasteiger partial charge in [0, 0.05) is 49.9 Å². The molecule has 5 heterocycles. The summed E-state index contributed by atoms with van der Waals surface area (Å²) in [4.78, 5) is 27.0. The second-order valence-electron chi connectivity index (χ2n) is 9.41. The van der Waals surface area contributed by atoms with Gasteiger partial charge in [-0.15, -0.1) is 0 Å². The number of amides is 1. The standard InChI is InChI=1S/C24H34N6O2S/c31-24(32)30-11-2-1-5-20(30)19-8-7-17-9-12-29(16-17)23-21(33-13-10-26-23)15-25-14-18-4-3-6-22(27-18)28-19/h3-4,6,10,13,17,19-20,25,33H,1-2,5,7-9,11-12,14-16H2,(H,27,28)(H,31,32). The molecule has 0 spiro atoms. The Morgan fingerprint density at radius 3 is 2.97 bits per heavy atom. The highest BCUT2D eigenvalue weighted by Gasteiger charge is 2.34. The number of fused-ring (bicyclic) bond motifs is 5. The highest BCUT2D eigenvalue weighted by molar-refractivity contribution is 8.02. The summed E-state index contributed by atoms with van der Waals surface area (Å²) in [6.45, 7) is 4.17. The van der Waals surface area contributed by atoms with Gasteiger partial charge in [-0.25, -0.2) is 14.8 Å². The molecule has 4 bridgehead atoms. The molecule has 1 aromatic rings. The Labute approximate surface area is 199 Å². The number of nitrogens with zero attached hydrogens (tertiary/aromatic N) is 4. The van der Waals surface area contributed by atoms with Crippen LogP contribution in [0.4, 0.5) is 10.6 Å². The van der Waals surface area contributed by atoms with Crippen molar-refractivity contribution < 1.29 is 9.90 Å². The molecule has 1 amide bonds. The molecule has 2 saturated heterocycles. The van der Waals surface area contributed by atoms with Crippen molar-refractivity contribution in [3.8, 4) is 0 Å². The van der Waals surface area contributed by atoms with E-state index in [-0.39, 0.29) is 12.1 Å². The van der Waals surface area contributed by atoms with Crippen molar-refractivity contribution in [2.45, 2.75) is 57.2 Å². The average molecular weight is 471 g/mol. The number of carbonyl (C=O) groups is 1. The molecule has 3 unspecified atom stereocenters. The molecule has 0 aromatic carbocycles. The summed E-state index contributed by atoms with van der Waals surface area (Å²) in [5.41, 5.74) is 0.983.